The molecule has 23 heavy (non-hydrogen) atoms. The molecule has 0 aromatic heterocycles. The Morgan fingerprint density at radius 2 is 1.91 bits per heavy atom. The van der Waals surface area contributed by atoms with E-state index in [-0.39, 0.29) is 5.91 Å². The minimum absolute atomic E-state index is 0.0198. The van der Waals surface area contributed by atoms with Gasteiger partial charge in [0.15, 0.2) is 0 Å². The lowest BCUT2D eigenvalue weighted by Gasteiger charge is -2.10. The zero-order valence-corrected chi connectivity index (χ0v) is 14.5. The summed E-state index contributed by atoms with van der Waals surface area (Å²) in [6, 6.07) is 17.9. The molecule has 0 spiro atoms. The van der Waals surface area contributed by atoms with Gasteiger partial charge in [0.2, 0.25) is 5.91 Å². The van der Waals surface area contributed by atoms with Gasteiger partial charge in [-0.1, -0.05) is 36.4 Å². The van der Waals surface area contributed by atoms with Crippen molar-refractivity contribution in [3.05, 3.63) is 59.7 Å². The highest BCUT2D eigenvalue weighted by molar-refractivity contribution is 7.99. The Hall–Kier alpha value is -1.90. The van der Waals surface area contributed by atoms with Crippen molar-refractivity contribution in [3.8, 4) is 6.07 Å². The quantitative estimate of drug-likeness (QED) is 0.754. The number of anilines is 1. The summed E-state index contributed by atoms with van der Waals surface area (Å²) in [5.41, 5.74) is 3.28. The number of nitriles is 1. The lowest BCUT2D eigenvalue weighted by Crippen LogP contribution is -2.14. The fraction of sp³-hybridized carbons (Fsp3) is 0.222. The first kappa shape index (κ1) is 17.5. The van der Waals surface area contributed by atoms with Gasteiger partial charge < -0.3 is 5.32 Å². The predicted octanol–water partition coefficient (Wildman–Crippen LogP) is 4.48. The predicted molar refractivity (Wildman–Crippen MR) is 98.7 cm³/mol. The highest BCUT2D eigenvalue weighted by Gasteiger charge is 2.07. The molecule has 1 N–H and O–H groups in total. The average Bonchev–Trinajstić information content (AvgIpc) is 2.56. The van der Waals surface area contributed by atoms with Crippen LogP contribution in [0.15, 0.2) is 53.4 Å². The standard InChI is InChI=1S/C18H18N2OS2/c1-14-6-2-3-7-15(14)12-22-13-18(21)20-16-8-4-5-9-17(16)23-11-10-19/h2-9H,11-13H2,1H3,(H,20,21). The summed E-state index contributed by atoms with van der Waals surface area (Å²) >= 11 is 3.03. The summed E-state index contributed by atoms with van der Waals surface area (Å²) in [5.74, 6) is 1.58. The second kappa shape index (κ2) is 9.29. The number of hydrogen-bond acceptors (Lipinski definition) is 4. The van der Waals surface area contributed by atoms with Gasteiger partial charge in [0.25, 0.3) is 0 Å². The Morgan fingerprint density at radius 3 is 2.70 bits per heavy atom. The van der Waals surface area contributed by atoms with Crippen LogP contribution < -0.4 is 5.32 Å². The van der Waals surface area contributed by atoms with Gasteiger partial charge in [-0.3, -0.25) is 4.79 Å². The largest absolute Gasteiger partial charge is 0.324 e. The second-order valence-corrected chi connectivity index (χ2v) is 6.91. The number of hydrogen-bond donors (Lipinski definition) is 1. The number of carbonyl (C=O) groups excluding carboxylic acids is 1. The SMILES string of the molecule is Cc1ccccc1CSCC(=O)Nc1ccccc1SCC#N. The Bertz CT molecular complexity index is 710. The monoisotopic (exact) mass is 342 g/mol. The smallest absolute Gasteiger partial charge is 0.234 e. The lowest BCUT2D eigenvalue weighted by molar-refractivity contribution is -0.113. The maximum atomic E-state index is 12.1. The molecule has 5 heteroatoms. The molecule has 0 aliphatic heterocycles. The molecule has 0 unspecified atom stereocenters. The molecule has 118 valence electrons. The van der Waals surface area contributed by atoms with E-state index in [9.17, 15) is 4.79 Å². The summed E-state index contributed by atoms with van der Waals surface area (Å²) in [7, 11) is 0. The number of nitrogens with one attached hydrogen (secondary N) is 1. The van der Waals surface area contributed by atoms with E-state index in [0.29, 0.717) is 11.5 Å². The topological polar surface area (TPSA) is 52.9 Å². The number of nitrogens with zero attached hydrogens (tertiary/aromatic N) is 1. The van der Waals surface area contributed by atoms with Crippen LogP contribution in [0.2, 0.25) is 0 Å². The molecule has 0 fully saturated rings. The second-order valence-electron chi connectivity index (χ2n) is 4.91. The van der Waals surface area contributed by atoms with Crippen LogP contribution in [0.1, 0.15) is 11.1 Å². The van der Waals surface area contributed by atoms with E-state index in [0.717, 1.165) is 16.3 Å². The molecule has 2 aromatic rings. The zero-order valence-electron chi connectivity index (χ0n) is 12.9. The highest BCUT2D eigenvalue weighted by Crippen LogP contribution is 2.26. The summed E-state index contributed by atoms with van der Waals surface area (Å²) in [6.07, 6.45) is 0. The molecule has 2 aromatic carbocycles. The van der Waals surface area contributed by atoms with Gasteiger partial charge >= 0.3 is 0 Å². The average molecular weight is 342 g/mol. The summed E-state index contributed by atoms with van der Waals surface area (Å²) in [6.45, 7) is 2.08. The Labute approximate surface area is 145 Å². The van der Waals surface area contributed by atoms with Gasteiger partial charge in [0.1, 0.15) is 0 Å². The van der Waals surface area contributed by atoms with E-state index in [1.807, 2.05) is 36.4 Å². The molecule has 2 rings (SSSR count). The van der Waals surface area contributed by atoms with E-state index in [1.165, 1.54) is 22.9 Å². The number of aryl methyl sites for hydroxylation is 1. The van der Waals surface area contributed by atoms with Gasteiger partial charge in [-0.2, -0.15) is 5.26 Å². The van der Waals surface area contributed by atoms with E-state index in [2.05, 4.69) is 30.4 Å². The van der Waals surface area contributed by atoms with Gasteiger partial charge in [-0.25, -0.2) is 0 Å². The number of amides is 1. The molecule has 0 saturated heterocycles. The van der Waals surface area contributed by atoms with Gasteiger partial charge in [0.05, 0.1) is 23.3 Å². The summed E-state index contributed by atoms with van der Waals surface area (Å²) < 4.78 is 0. The van der Waals surface area contributed by atoms with E-state index in [4.69, 9.17) is 5.26 Å². The fourth-order valence-corrected chi connectivity index (χ4v) is 3.59. The molecule has 1 amide bonds. The first-order valence-electron chi connectivity index (χ1n) is 7.21. The van der Waals surface area contributed by atoms with Gasteiger partial charge in [-0.15, -0.1) is 23.5 Å². The maximum absolute atomic E-state index is 12.1. The number of thioether (sulfide) groups is 2. The van der Waals surface area contributed by atoms with Crippen LogP contribution in [0.3, 0.4) is 0 Å². The number of rotatable bonds is 7. The molecule has 0 aliphatic rings. The van der Waals surface area contributed by atoms with Crippen LogP contribution in [0.4, 0.5) is 5.69 Å². The zero-order chi connectivity index (χ0) is 16.5. The van der Waals surface area contributed by atoms with Crippen LogP contribution >= 0.6 is 23.5 Å². The van der Waals surface area contributed by atoms with Crippen LogP contribution in [-0.4, -0.2) is 17.4 Å². The minimum Gasteiger partial charge on any atom is -0.324 e. The van der Waals surface area contributed by atoms with E-state index in [1.54, 1.807) is 11.8 Å². The Balaban J connectivity index is 1.86. The molecular formula is C18H18N2OS2. The Kier molecular flexibility index (Phi) is 7.05. The molecule has 0 saturated carbocycles. The Morgan fingerprint density at radius 1 is 1.17 bits per heavy atom. The van der Waals surface area contributed by atoms with Crippen LogP contribution in [0.25, 0.3) is 0 Å². The summed E-state index contributed by atoms with van der Waals surface area (Å²) in [5, 5.41) is 11.6. The van der Waals surface area contributed by atoms with Crippen molar-refractivity contribution in [1.82, 2.24) is 0 Å². The first-order chi connectivity index (χ1) is 11.2. The third kappa shape index (κ3) is 5.66. The molecule has 0 radical (unpaired) electrons. The highest BCUT2D eigenvalue weighted by atomic mass is 32.2. The van der Waals surface area contributed by atoms with Crippen molar-refractivity contribution in [1.29, 1.82) is 5.26 Å². The normalized spacial score (nSPS) is 10.1. The van der Waals surface area contributed by atoms with Crippen molar-refractivity contribution in [2.75, 3.05) is 16.8 Å². The van der Waals surface area contributed by atoms with E-state index < -0.39 is 0 Å². The molecule has 0 heterocycles. The van der Waals surface area contributed by atoms with Crippen molar-refractivity contribution in [3.63, 3.8) is 0 Å². The molecule has 0 bridgehead atoms. The molecular weight excluding hydrogens is 324 g/mol. The van der Waals surface area contributed by atoms with Crippen LogP contribution in [-0.2, 0) is 10.5 Å². The van der Waals surface area contributed by atoms with Crippen molar-refractivity contribution in [2.24, 2.45) is 0 Å². The maximum Gasteiger partial charge on any atom is 0.234 e. The third-order valence-corrected chi connectivity index (χ3v) is 5.13. The third-order valence-electron chi connectivity index (χ3n) is 3.21. The van der Waals surface area contributed by atoms with Crippen molar-refractivity contribution >= 4 is 35.1 Å². The molecule has 0 aliphatic carbocycles. The number of benzene rings is 2. The van der Waals surface area contributed by atoms with Gasteiger partial charge in [0, 0.05) is 10.6 Å². The summed E-state index contributed by atoms with van der Waals surface area (Å²) in [4.78, 5) is 13.0. The first-order valence-corrected chi connectivity index (χ1v) is 9.35. The fourth-order valence-electron chi connectivity index (χ4n) is 2.02. The number of carbonyl (C=O) groups is 1. The van der Waals surface area contributed by atoms with E-state index >= 15 is 0 Å². The lowest BCUT2D eigenvalue weighted by atomic mass is 10.1. The van der Waals surface area contributed by atoms with Crippen LogP contribution in [0, 0.1) is 18.3 Å². The van der Waals surface area contributed by atoms with Crippen LogP contribution in [0.5, 0.6) is 0 Å². The van der Waals surface area contributed by atoms with Crippen molar-refractivity contribution < 1.29 is 4.79 Å². The van der Waals surface area contributed by atoms with Crippen molar-refractivity contribution in [2.45, 2.75) is 17.6 Å². The number of para-hydroxylation sites is 1. The molecule has 3 nitrogen and oxygen atoms in total. The minimum atomic E-state index is -0.0198. The molecule has 0 atom stereocenters. The van der Waals surface area contributed by atoms with Gasteiger partial charge in [-0.05, 0) is 30.2 Å².